The van der Waals surface area contributed by atoms with E-state index in [1.165, 1.54) is 0 Å². The van der Waals surface area contributed by atoms with Gasteiger partial charge < -0.3 is 10.3 Å². The Balaban J connectivity index is 2.47. The van der Waals surface area contributed by atoms with Gasteiger partial charge in [0, 0.05) is 18.8 Å². The minimum absolute atomic E-state index is 0.533. The lowest BCUT2D eigenvalue weighted by Crippen LogP contribution is -1.92. The Morgan fingerprint density at radius 1 is 1.31 bits per heavy atom. The number of imidazole rings is 1. The molecule has 4 nitrogen and oxygen atoms in total. The van der Waals surface area contributed by atoms with Crippen molar-refractivity contribution in [1.29, 1.82) is 0 Å². The molecule has 0 atom stereocenters. The van der Waals surface area contributed by atoms with Crippen molar-refractivity contribution in [2.75, 3.05) is 5.73 Å². The van der Waals surface area contributed by atoms with Crippen molar-refractivity contribution in [3.8, 4) is 11.3 Å². The van der Waals surface area contributed by atoms with E-state index < -0.39 is 0 Å². The topological polar surface area (TPSA) is 56.7 Å². The van der Waals surface area contributed by atoms with Gasteiger partial charge in [-0.2, -0.15) is 0 Å². The third kappa shape index (κ3) is 1.38. The summed E-state index contributed by atoms with van der Waals surface area (Å²) >= 11 is 0. The summed E-state index contributed by atoms with van der Waals surface area (Å²) in [5.74, 6) is 0.533. The first-order chi connectivity index (χ1) is 6.27. The van der Waals surface area contributed by atoms with E-state index in [0.717, 1.165) is 11.3 Å². The second kappa shape index (κ2) is 2.90. The van der Waals surface area contributed by atoms with Crippen LogP contribution in [0, 0.1) is 0 Å². The number of pyridine rings is 1. The van der Waals surface area contributed by atoms with E-state index in [1.54, 1.807) is 24.8 Å². The quantitative estimate of drug-likeness (QED) is 0.703. The fourth-order valence-electron chi connectivity index (χ4n) is 1.19. The standard InChI is InChI=1S/C9H10N4/c1-13-6-11-5-8(13)7-2-3-9(10)12-4-7/h2-6H,1H3,(H2,10,12). The van der Waals surface area contributed by atoms with Crippen molar-refractivity contribution in [2.24, 2.45) is 7.05 Å². The molecule has 2 aromatic heterocycles. The Morgan fingerprint density at radius 3 is 2.69 bits per heavy atom. The van der Waals surface area contributed by atoms with E-state index in [1.807, 2.05) is 17.7 Å². The molecule has 0 aliphatic heterocycles. The highest BCUT2D eigenvalue weighted by atomic mass is 15.0. The lowest BCUT2D eigenvalue weighted by atomic mass is 10.2. The summed E-state index contributed by atoms with van der Waals surface area (Å²) in [7, 11) is 1.94. The smallest absolute Gasteiger partial charge is 0.123 e. The number of aryl methyl sites for hydroxylation is 1. The summed E-state index contributed by atoms with van der Waals surface area (Å²) in [6.45, 7) is 0. The number of hydrogen-bond acceptors (Lipinski definition) is 3. The fourth-order valence-corrected chi connectivity index (χ4v) is 1.19. The van der Waals surface area contributed by atoms with Crippen molar-refractivity contribution in [3.63, 3.8) is 0 Å². The van der Waals surface area contributed by atoms with Crippen LogP contribution in [-0.2, 0) is 7.05 Å². The fraction of sp³-hybridized carbons (Fsp3) is 0.111. The molecule has 0 unspecified atom stereocenters. The lowest BCUT2D eigenvalue weighted by molar-refractivity contribution is 0.920. The molecule has 0 spiro atoms. The van der Waals surface area contributed by atoms with Gasteiger partial charge in [-0.1, -0.05) is 0 Å². The molecule has 0 aliphatic carbocycles. The van der Waals surface area contributed by atoms with Crippen LogP contribution >= 0.6 is 0 Å². The van der Waals surface area contributed by atoms with E-state index in [4.69, 9.17) is 5.73 Å². The van der Waals surface area contributed by atoms with Crippen molar-refractivity contribution in [1.82, 2.24) is 14.5 Å². The average Bonchev–Trinajstić information content (AvgIpc) is 2.53. The number of nitrogens with two attached hydrogens (primary N) is 1. The summed E-state index contributed by atoms with van der Waals surface area (Å²) in [6.07, 6.45) is 5.30. The van der Waals surface area contributed by atoms with Gasteiger partial charge in [0.25, 0.3) is 0 Å². The van der Waals surface area contributed by atoms with E-state index >= 15 is 0 Å². The van der Waals surface area contributed by atoms with Crippen molar-refractivity contribution >= 4 is 5.82 Å². The van der Waals surface area contributed by atoms with Crippen LogP contribution in [0.15, 0.2) is 30.9 Å². The summed E-state index contributed by atoms with van der Waals surface area (Å²) in [5, 5.41) is 0. The van der Waals surface area contributed by atoms with Gasteiger partial charge in [0.1, 0.15) is 5.82 Å². The summed E-state index contributed by atoms with van der Waals surface area (Å²) in [6, 6.07) is 3.71. The number of hydrogen-bond donors (Lipinski definition) is 1. The van der Waals surface area contributed by atoms with E-state index in [2.05, 4.69) is 9.97 Å². The number of nitrogen functional groups attached to an aromatic ring is 1. The van der Waals surface area contributed by atoms with Gasteiger partial charge in [0.15, 0.2) is 0 Å². The molecule has 0 fully saturated rings. The van der Waals surface area contributed by atoms with E-state index in [-0.39, 0.29) is 0 Å². The number of nitrogens with zero attached hydrogens (tertiary/aromatic N) is 3. The molecule has 2 aromatic rings. The Labute approximate surface area is 76.1 Å². The first-order valence-corrected chi connectivity index (χ1v) is 3.95. The molecule has 2 heterocycles. The number of anilines is 1. The molecule has 13 heavy (non-hydrogen) atoms. The van der Waals surface area contributed by atoms with Crippen LogP contribution in [0.25, 0.3) is 11.3 Å². The molecule has 2 rings (SSSR count). The van der Waals surface area contributed by atoms with Crippen molar-refractivity contribution in [3.05, 3.63) is 30.9 Å². The Hall–Kier alpha value is -1.84. The van der Waals surface area contributed by atoms with E-state index in [9.17, 15) is 0 Å². The molecule has 2 N–H and O–H groups in total. The summed E-state index contributed by atoms with van der Waals surface area (Å²) < 4.78 is 1.94. The van der Waals surface area contributed by atoms with Crippen LogP contribution < -0.4 is 5.73 Å². The molecule has 0 radical (unpaired) electrons. The van der Waals surface area contributed by atoms with E-state index in [0.29, 0.717) is 5.82 Å². The predicted molar refractivity (Wildman–Crippen MR) is 50.9 cm³/mol. The van der Waals surface area contributed by atoms with Crippen LogP contribution in [0.3, 0.4) is 0 Å². The number of rotatable bonds is 1. The zero-order chi connectivity index (χ0) is 9.26. The monoisotopic (exact) mass is 174 g/mol. The minimum atomic E-state index is 0.533. The maximum absolute atomic E-state index is 5.48. The predicted octanol–water partition coefficient (Wildman–Crippen LogP) is 1.06. The summed E-state index contributed by atoms with van der Waals surface area (Å²) in [5.41, 5.74) is 7.54. The van der Waals surface area contributed by atoms with Gasteiger partial charge in [-0.05, 0) is 12.1 Å². The van der Waals surface area contributed by atoms with Gasteiger partial charge in [0.05, 0.1) is 18.2 Å². The Bertz CT molecular complexity index is 402. The first kappa shape index (κ1) is 7.79. The third-order valence-electron chi connectivity index (χ3n) is 1.90. The summed E-state index contributed by atoms with van der Waals surface area (Å²) in [4.78, 5) is 8.04. The van der Waals surface area contributed by atoms with Gasteiger partial charge >= 0.3 is 0 Å². The van der Waals surface area contributed by atoms with Gasteiger partial charge in [0.2, 0.25) is 0 Å². The van der Waals surface area contributed by atoms with Gasteiger partial charge in [-0.25, -0.2) is 9.97 Å². The highest BCUT2D eigenvalue weighted by molar-refractivity contribution is 5.58. The molecule has 0 bridgehead atoms. The highest BCUT2D eigenvalue weighted by Crippen LogP contribution is 2.16. The average molecular weight is 174 g/mol. The largest absolute Gasteiger partial charge is 0.384 e. The normalized spacial score (nSPS) is 10.2. The second-order valence-electron chi connectivity index (χ2n) is 2.86. The lowest BCUT2D eigenvalue weighted by Gasteiger charge is -2.01. The molecule has 66 valence electrons. The first-order valence-electron chi connectivity index (χ1n) is 3.95. The molecule has 0 aliphatic rings. The van der Waals surface area contributed by atoms with Crippen LogP contribution in [-0.4, -0.2) is 14.5 Å². The second-order valence-corrected chi connectivity index (χ2v) is 2.86. The Kier molecular flexibility index (Phi) is 1.73. The van der Waals surface area contributed by atoms with Crippen LogP contribution in [0.5, 0.6) is 0 Å². The SMILES string of the molecule is Cn1cncc1-c1ccc(N)nc1. The molecule has 0 saturated heterocycles. The molecule has 0 amide bonds. The van der Waals surface area contributed by atoms with Crippen LogP contribution in [0.1, 0.15) is 0 Å². The molecule has 4 heteroatoms. The molecular weight excluding hydrogens is 164 g/mol. The third-order valence-corrected chi connectivity index (χ3v) is 1.90. The number of aromatic nitrogens is 3. The van der Waals surface area contributed by atoms with Crippen LogP contribution in [0.4, 0.5) is 5.82 Å². The van der Waals surface area contributed by atoms with Crippen molar-refractivity contribution in [2.45, 2.75) is 0 Å². The van der Waals surface area contributed by atoms with Crippen molar-refractivity contribution < 1.29 is 0 Å². The zero-order valence-electron chi connectivity index (χ0n) is 7.31. The van der Waals surface area contributed by atoms with Gasteiger partial charge in [-0.15, -0.1) is 0 Å². The Morgan fingerprint density at radius 2 is 2.15 bits per heavy atom. The zero-order valence-corrected chi connectivity index (χ0v) is 7.31. The molecule has 0 saturated carbocycles. The van der Waals surface area contributed by atoms with Gasteiger partial charge in [-0.3, -0.25) is 0 Å². The van der Waals surface area contributed by atoms with Crippen LogP contribution in [0.2, 0.25) is 0 Å². The maximum atomic E-state index is 5.48. The maximum Gasteiger partial charge on any atom is 0.123 e. The highest BCUT2D eigenvalue weighted by Gasteiger charge is 2.01. The molecular formula is C9H10N4. The molecule has 0 aromatic carbocycles. The minimum Gasteiger partial charge on any atom is -0.384 e.